The molecule has 0 saturated carbocycles. The van der Waals surface area contributed by atoms with Crippen molar-refractivity contribution < 1.29 is 19.4 Å². The zero-order valence-electron chi connectivity index (χ0n) is 15.9. The molecule has 3 rings (SSSR count). The number of phenols is 1. The molecule has 0 amide bonds. The highest BCUT2D eigenvalue weighted by molar-refractivity contribution is 7.17. The van der Waals surface area contributed by atoms with Gasteiger partial charge in [0.15, 0.2) is 17.3 Å². The fourth-order valence-corrected chi connectivity index (χ4v) is 3.65. The summed E-state index contributed by atoms with van der Waals surface area (Å²) < 4.78 is 10.8. The van der Waals surface area contributed by atoms with Crippen LogP contribution in [-0.4, -0.2) is 29.6 Å². The predicted molar refractivity (Wildman–Crippen MR) is 111 cm³/mol. The molecule has 0 bridgehead atoms. The second-order valence-electron chi connectivity index (χ2n) is 6.02. The molecule has 0 radical (unpaired) electrons. The van der Waals surface area contributed by atoms with Crippen LogP contribution in [0.5, 0.6) is 17.2 Å². The first kappa shape index (κ1) is 19.6. The number of phenolic OH excluding ortho intramolecular Hbond substituents is 1. The zero-order chi connectivity index (χ0) is 20.1. The first-order chi connectivity index (χ1) is 13.5. The first-order valence-electron chi connectivity index (χ1n) is 8.82. The van der Waals surface area contributed by atoms with Crippen LogP contribution in [0.3, 0.4) is 0 Å². The van der Waals surface area contributed by atoms with E-state index in [1.165, 1.54) is 17.4 Å². The number of ether oxygens (including phenoxy) is 2. The van der Waals surface area contributed by atoms with Gasteiger partial charge in [-0.25, -0.2) is 4.98 Å². The Morgan fingerprint density at radius 3 is 2.61 bits per heavy atom. The van der Waals surface area contributed by atoms with Gasteiger partial charge < -0.3 is 14.6 Å². The number of aromatic hydroxyl groups is 1. The highest BCUT2D eigenvalue weighted by atomic mass is 32.1. The minimum Gasteiger partial charge on any atom is -0.508 e. The lowest BCUT2D eigenvalue weighted by Gasteiger charge is -2.09. The van der Waals surface area contributed by atoms with Crippen LogP contribution in [0.1, 0.15) is 27.9 Å². The Morgan fingerprint density at radius 2 is 1.93 bits per heavy atom. The molecular formula is C22H21NO4S. The monoisotopic (exact) mass is 395 g/mol. The van der Waals surface area contributed by atoms with Gasteiger partial charge in [-0.3, -0.25) is 4.79 Å². The normalized spacial score (nSPS) is 11.0. The standard InChI is InChI=1S/C22H21NO4S/c1-4-27-19-12-6-15(13-20(19)26-3)5-11-18(25)21-14(2)23-22(28-21)16-7-9-17(24)10-8-16/h5-13,24H,4H2,1-3H3/b11-5+. The van der Waals surface area contributed by atoms with Gasteiger partial charge in [-0.1, -0.05) is 12.1 Å². The number of nitrogens with zero attached hydrogens (tertiary/aromatic N) is 1. The van der Waals surface area contributed by atoms with E-state index >= 15 is 0 Å². The molecule has 0 saturated heterocycles. The maximum Gasteiger partial charge on any atom is 0.197 e. The average Bonchev–Trinajstić information content (AvgIpc) is 3.09. The summed E-state index contributed by atoms with van der Waals surface area (Å²) in [6, 6.07) is 12.3. The van der Waals surface area contributed by atoms with Crippen LogP contribution in [0.15, 0.2) is 48.5 Å². The molecule has 0 fully saturated rings. The van der Waals surface area contributed by atoms with E-state index in [0.717, 1.165) is 16.1 Å². The fraction of sp³-hybridized carbons (Fsp3) is 0.182. The molecule has 6 heteroatoms. The van der Waals surface area contributed by atoms with Crippen molar-refractivity contribution >= 4 is 23.2 Å². The summed E-state index contributed by atoms with van der Waals surface area (Å²) in [6.07, 6.45) is 3.29. The second-order valence-corrected chi connectivity index (χ2v) is 7.02. The number of hydrogen-bond acceptors (Lipinski definition) is 6. The maximum atomic E-state index is 12.6. The zero-order valence-corrected chi connectivity index (χ0v) is 16.7. The summed E-state index contributed by atoms with van der Waals surface area (Å²) in [4.78, 5) is 17.7. The van der Waals surface area contributed by atoms with Gasteiger partial charge >= 0.3 is 0 Å². The molecule has 144 valence electrons. The van der Waals surface area contributed by atoms with Crippen LogP contribution >= 0.6 is 11.3 Å². The van der Waals surface area contributed by atoms with Crippen LogP contribution in [0, 0.1) is 6.92 Å². The van der Waals surface area contributed by atoms with Crippen molar-refractivity contribution in [2.45, 2.75) is 13.8 Å². The summed E-state index contributed by atoms with van der Waals surface area (Å²) in [5.74, 6) is 1.39. The van der Waals surface area contributed by atoms with Crippen LogP contribution in [-0.2, 0) is 0 Å². The van der Waals surface area contributed by atoms with Gasteiger partial charge in [-0.2, -0.15) is 0 Å². The quantitative estimate of drug-likeness (QED) is 0.444. The van der Waals surface area contributed by atoms with Gasteiger partial charge in [-0.05, 0) is 61.9 Å². The smallest absolute Gasteiger partial charge is 0.197 e. The van der Waals surface area contributed by atoms with Gasteiger partial charge in [-0.15, -0.1) is 11.3 Å². The van der Waals surface area contributed by atoms with Crippen molar-refractivity contribution in [3.63, 3.8) is 0 Å². The highest BCUT2D eigenvalue weighted by Crippen LogP contribution is 2.31. The van der Waals surface area contributed by atoms with E-state index in [0.29, 0.717) is 28.7 Å². The minimum absolute atomic E-state index is 0.104. The Labute approximate surface area is 167 Å². The molecule has 0 unspecified atom stereocenters. The number of thiazole rings is 1. The molecule has 2 aromatic carbocycles. The third-order valence-corrected chi connectivity index (χ3v) is 5.27. The lowest BCUT2D eigenvalue weighted by atomic mass is 10.1. The lowest BCUT2D eigenvalue weighted by molar-refractivity contribution is 0.105. The van der Waals surface area contributed by atoms with Gasteiger partial charge in [0.25, 0.3) is 0 Å². The fourth-order valence-electron chi connectivity index (χ4n) is 2.66. The van der Waals surface area contributed by atoms with Crippen LogP contribution < -0.4 is 9.47 Å². The molecule has 5 nitrogen and oxygen atoms in total. The average molecular weight is 395 g/mol. The summed E-state index contributed by atoms with van der Waals surface area (Å²) in [5.41, 5.74) is 2.40. The third kappa shape index (κ3) is 4.40. The Hall–Kier alpha value is -3.12. The number of aryl methyl sites for hydroxylation is 1. The number of methoxy groups -OCH3 is 1. The molecule has 0 aliphatic carbocycles. The number of carbonyl (C=O) groups excluding carboxylic acids is 1. The minimum atomic E-state index is -0.104. The maximum absolute atomic E-state index is 12.6. The Kier molecular flexibility index (Phi) is 6.11. The van der Waals surface area contributed by atoms with E-state index in [2.05, 4.69) is 4.98 Å². The SMILES string of the molecule is CCOc1ccc(/C=C/C(=O)c2sc(-c3ccc(O)cc3)nc2C)cc1OC. The number of ketones is 1. The van der Waals surface area contributed by atoms with Crippen molar-refractivity contribution in [3.05, 3.63) is 64.7 Å². The number of carbonyl (C=O) groups is 1. The number of aromatic nitrogens is 1. The molecule has 0 atom stereocenters. The largest absolute Gasteiger partial charge is 0.508 e. The molecular weight excluding hydrogens is 374 g/mol. The molecule has 0 aliphatic rings. The Balaban J connectivity index is 1.80. The summed E-state index contributed by atoms with van der Waals surface area (Å²) in [7, 11) is 1.59. The van der Waals surface area contributed by atoms with Crippen LogP contribution in [0.2, 0.25) is 0 Å². The Bertz CT molecular complexity index is 1010. The second kappa shape index (κ2) is 8.71. The summed E-state index contributed by atoms with van der Waals surface area (Å²) >= 11 is 1.34. The van der Waals surface area contributed by atoms with E-state index in [1.54, 1.807) is 37.5 Å². The van der Waals surface area contributed by atoms with Crippen molar-refractivity contribution in [3.8, 4) is 27.8 Å². The van der Waals surface area contributed by atoms with Crippen LogP contribution in [0.25, 0.3) is 16.6 Å². The van der Waals surface area contributed by atoms with Gasteiger partial charge in [0.2, 0.25) is 0 Å². The first-order valence-corrected chi connectivity index (χ1v) is 9.63. The third-order valence-electron chi connectivity index (χ3n) is 4.05. The molecule has 3 aromatic rings. The van der Waals surface area contributed by atoms with E-state index in [-0.39, 0.29) is 11.5 Å². The van der Waals surface area contributed by atoms with Crippen molar-refractivity contribution in [2.24, 2.45) is 0 Å². The number of rotatable bonds is 7. The molecule has 0 aliphatic heterocycles. The van der Waals surface area contributed by atoms with Crippen molar-refractivity contribution in [1.82, 2.24) is 4.98 Å². The number of hydrogen-bond donors (Lipinski definition) is 1. The topological polar surface area (TPSA) is 68.7 Å². The van der Waals surface area contributed by atoms with E-state index in [9.17, 15) is 9.90 Å². The van der Waals surface area contributed by atoms with E-state index in [4.69, 9.17) is 9.47 Å². The molecule has 1 N–H and O–H groups in total. The molecule has 1 aromatic heterocycles. The highest BCUT2D eigenvalue weighted by Gasteiger charge is 2.14. The predicted octanol–water partition coefficient (Wildman–Crippen LogP) is 5.13. The van der Waals surface area contributed by atoms with Gasteiger partial charge in [0, 0.05) is 5.56 Å². The molecule has 28 heavy (non-hydrogen) atoms. The van der Waals surface area contributed by atoms with Crippen molar-refractivity contribution in [2.75, 3.05) is 13.7 Å². The molecule has 0 spiro atoms. The van der Waals surface area contributed by atoms with E-state index < -0.39 is 0 Å². The van der Waals surface area contributed by atoms with Gasteiger partial charge in [0.1, 0.15) is 10.8 Å². The van der Waals surface area contributed by atoms with Gasteiger partial charge in [0.05, 0.1) is 24.3 Å². The van der Waals surface area contributed by atoms with Crippen molar-refractivity contribution in [1.29, 1.82) is 0 Å². The van der Waals surface area contributed by atoms with Crippen LogP contribution in [0.4, 0.5) is 0 Å². The van der Waals surface area contributed by atoms with E-state index in [1.807, 2.05) is 32.0 Å². The number of benzene rings is 2. The molecule has 1 heterocycles. The summed E-state index contributed by atoms with van der Waals surface area (Å²) in [6.45, 7) is 4.29. The lowest BCUT2D eigenvalue weighted by Crippen LogP contribution is -1.96. The number of allylic oxidation sites excluding steroid dienone is 1. The summed E-state index contributed by atoms with van der Waals surface area (Å²) in [5, 5.41) is 10.2. The Morgan fingerprint density at radius 1 is 1.18 bits per heavy atom.